The largest absolute Gasteiger partial charge is 0.324 e. The normalized spacial score (nSPS) is 16.2. The molecule has 4 rings (SSSR count). The molecule has 3 aromatic carbocycles. The zero-order chi connectivity index (χ0) is 24.3. The second-order valence-electron chi connectivity index (χ2n) is 8.58. The van der Waals surface area contributed by atoms with Crippen molar-refractivity contribution >= 4 is 21.6 Å². The summed E-state index contributed by atoms with van der Waals surface area (Å²) in [5.74, 6) is -0.760. The molecule has 1 N–H and O–H groups in total. The lowest BCUT2D eigenvalue weighted by Crippen LogP contribution is -2.51. The number of carbonyl (C=O) groups is 1. The van der Waals surface area contributed by atoms with Crippen LogP contribution in [-0.2, 0) is 14.8 Å². The van der Waals surface area contributed by atoms with E-state index in [1.807, 2.05) is 67.3 Å². The third-order valence-corrected chi connectivity index (χ3v) is 7.82. The van der Waals surface area contributed by atoms with Crippen molar-refractivity contribution in [3.05, 3.63) is 95.3 Å². The Morgan fingerprint density at radius 2 is 1.53 bits per heavy atom. The van der Waals surface area contributed by atoms with Gasteiger partial charge in [0.15, 0.2) is 0 Å². The Kier molecular flexibility index (Phi) is 7.11. The van der Waals surface area contributed by atoms with Crippen molar-refractivity contribution in [1.29, 1.82) is 0 Å². The van der Waals surface area contributed by atoms with E-state index in [9.17, 15) is 17.6 Å². The Labute approximate surface area is 200 Å². The maximum Gasteiger partial charge on any atom is 0.246 e. The first kappa shape index (κ1) is 24.1. The summed E-state index contributed by atoms with van der Waals surface area (Å²) < 4.78 is 40.9. The molecule has 1 fully saturated rings. The van der Waals surface area contributed by atoms with Crippen LogP contribution in [0.25, 0.3) is 0 Å². The minimum Gasteiger partial charge on any atom is -0.324 e. The topological polar surface area (TPSA) is 69.7 Å². The predicted molar refractivity (Wildman–Crippen MR) is 130 cm³/mol. The van der Waals surface area contributed by atoms with Crippen molar-refractivity contribution in [1.82, 2.24) is 9.21 Å². The van der Waals surface area contributed by atoms with Crippen molar-refractivity contribution in [2.24, 2.45) is 0 Å². The van der Waals surface area contributed by atoms with Gasteiger partial charge in [0.05, 0.1) is 4.90 Å². The van der Waals surface area contributed by atoms with Gasteiger partial charge in [-0.1, -0.05) is 42.5 Å². The molecule has 1 aliphatic heterocycles. The van der Waals surface area contributed by atoms with E-state index in [1.165, 1.54) is 22.5 Å². The summed E-state index contributed by atoms with van der Waals surface area (Å²) in [5, 5.41) is 3.04. The quantitative estimate of drug-likeness (QED) is 0.575. The lowest BCUT2D eigenvalue weighted by molar-refractivity contribution is -0.122. The second kappa shape index (κ2) is 10.0. The Morgan fingerprint density at radius 1 is 0.882 bits per heavy atom. The number of anilines is 1. The third kappa shape index (κ3) is 5.35. The molecule has 0 spiro atoms. The first-order valence-electron chi connectivity index (χ1n) is 11.2. The number of halogens is 1. The van der Waals surface area contributed by atoms with Gasteiger partial charge in [-0.25, -0.2) is 12.8 Å². The van der Waals surface area contributed by atoms with Crippen LogP contribution >= 0.6 is 0 Å². The summed E-state index contributed by atoms with van der Waals surface area (Å²) in [4.78, 5) is 15.4. The summed E-state index contributed by atoms with van der Waals surface area (Å²) in [5.41, 5.74) is 3.69. The number of aryl methyl sites for hydroxylation is 2. The average molecular weight is 482 g/mol. The van der Waals surface area contributed by atoms with Gasteiger partial charge in [-0.2, -0.15) is 4.31 Å². The van der Waals surface area contributed by atoms with Gasteiger partial charge >= 0.3 is 0 Å². The van der Waals surface area contributed by atoms with Crippen molar-refractivity contribution in [2.75, 3.05) is 31.5 Å². The standard InChI is InChI=1S/C26H28FN3O3S/c1-19-15-20(2)17-23(16-19)28-26(31)25(21-7-4-3-5-8-21)29-11-13-30(14-12-29)34(32,33)24-10-6-9-22(27)18-24/h3-10,15-18,25H,11-14H2,1-2H3,(H,28,31)/t25-/m1/s1. The summed E-state index contributed by atoms with van der Waals surface area (Å²) >= 11 is 0. The maximum atomic E-state index is 13.6. The van der Waals surface area contributed by atoms with Crippen LogP contribution in [0.3, 0.4) is 0 Å². The molecular weight excluding hydrogens is 453 g/mol. The van der Waals surface area contributed by atoms with Gasteiger partial charge in [0, 0.05) is 31.9 Å². The lowest BCUT2D eigenvalue weighted by atomic mass is 10.0. The Hall–Kier alpha value is -3.07. The fourth-order valence-corrected chi connectivity index (χ4v) is 5.85. The fourth-order valence-electron chi connectivity index (χ4n) is 4.40. The second-order valence-corrected chi connectivity index (χ2v) is 10.5. The monoisotopic (exact) mass is 481 g/mol. The summed E-state index contributed by atoms with van der Waals surface area (Å²) in [6.07, 6.45) is 0. The van der Waals surface area contributed by atoms with Crippen molar-refractivity contribution < 1.29 is 17.6 Å². The highest BCUT2D eigenvalue weighted by Gasteiger charge is 2.34. The molecule has 1 saturated heterocycles. The molecule has 1 atom stereocenters. The molecule has 1 heterocycles. The summed E-state index contributed by atoms with van der Waals surface area (Å²) in [7, 11) is -3.81. The number of rotatable bonds is 6. The molecule has 34 heavy (non-hydrogen) atoms. The molecule has 1 amide bonds. The van der Waals surface area contributed by atoms with Crippen LogP contribution in [0.1, 0.15) is 22.7 Å². The van der Waals surface area contributed by atoms with Gasteiger partial charge in [-0.15, -0.1) is 0 Å². The molecule has 0 bridgehead atoms. The molecule has 0 unspecified atom stereocenters. The van der Waals surface area contributed by atoms with E-state index in [-0.39, 0.29) is 23.9 Å². The van der Waals surface area contributed by atoms with Crippen LogP contribution in [0.15, 0.2) is 77.7 Å². The first-order chi connectivity index (χ1) is 16.2. The molecule has 3 aromatic rings. The number of benzene rings is 3. The van der Waals surface area contributed by atoms with Crippen LogP contribution in [0.4, 0.5) is 10.1 Å². The average Bonchev–Trinajstić information content (AvgIpc) is 2.79. The van der Waals surface area contributed by atoms with Gasteiger partial charge in [0.25, 0.3) is 0 Å². The number of carbonyl (C=O) groups excluding carboxylic acids is 1. The molecule has 0 aliphatic carbocycles. The lowest BCUT2D eigenvalue weighted by Gasteiger charge is -2.38. The van der Waals surface area contributed by atoms with Crippen molar-refractivity contribution in [3.63, 3.8) is 0 Å². The van der Waals surface area contributed by atoms with E-state index in [2.05, 4.69) is 5.32 Å². The number of sulfonamides is 1. The molecule has 1 aliphatic rings. The number of nitrogens with zero attached hydrogens (tertiary/aromatic N) is 2. The molecule has 8 heteroatoms. The van der Waals surface area contributed by atoms with E-state index in [0.717, 1.165) is 28.4 Å². The Balaban J connectivity index is 1.54. The minimum absolute atomic E-state index is 0.0619. The van der Waals surface area contributed by atoms with Crippen molar-refractivity contribution in [3.8, 4) is 0 Å². The van der Waals surface area contributed by atoms with Crippen molar-refractivity contribution in [2.45, 2.75) is 24.8 Å². The fraction of sp³-hybridized carbons (Fsp3) is 0.269. The number of hydrogen-bond acceptors (Lipinski definition) is 4. The van der Waals surface area contributed by atoms with Gasteiger partial charge in [0.2, 0.25) is 15.9 Å². The molecule has 0 aromatic heterocycles. The predicted octanol–water partition coefficient (Wildman–Crippen LogP) is 4.13. The molecular formula is C26H28FN3O3S. The number of piperazine rings is 1. The first-order valence-corrected chi connectivity index (χ1v) is 12.6. The van der Waals surface area contributed by atoms with Crippen LogP contribution in [0, 0.1) is 19.7 Å². The SMILES string of the molecule is Cc1cc(C)cc(NC(=O)[C@@H](c2ccccc2)N2CCN(S(=O)(=O)c3cccc(F)c3)CC2)c1. The van der Waals surface area contributed by atoms with E-state index in [1.54, 1.807) is 0 Å². The summed E-state index contributed by atoms with van der Waals surface area (Å²) in [6.45, 7) is 5.12. The maximum absolute atomic E-state index is 13.6. The van der Waals surface area contributed by atoms with Crippen LogP contribution in [-0.4, -0.2) is 49.7 Å². The highest BCUT2D eigenvalue weighted by Crippen LogP contribution is 2.27. The summed E-state index contributed by atoms with van der Waals surface area (Å²) in [6, 6.07) is 19.8. The Morgan fingerprint density at radius 3 is 2.15 bits per heavy atom. The van der Waals surface area contributed by atoms with E-state index in [0.29, 0.717) is 13.1 Å². The van der Waals surface area contributed by atoms with Gasteiger partial charge < -0.3 is 5.32 Å². The van der Waals surface area contributed by atoms with E-state index >= 15 is 0 Å². The Bertz CT molecular complexity index is 1250. The van der Waals surface area contributed by atoms with Crippen LogP contribution in [0.5, 0.6) is 0 Å². The van der Waals surface area contributed by atoms with Crippen LogP contribution < -0.4 is 5.32 Å². The number of hydrogen-bond donors (Lipinski definition) is 1. The molecule has 178 valence electrons. The van der Waals surface area contributed by atoms with Gasteiger partial charge in [0.1, 0.15) is 11.9 Å². The van der Waals surface area contributed by atoms with Crippen LogP contribution in [0.2, 0.25) is 0 Å². The third-order valence-electron chi connectivity index (χ3n) is 5.93. The van der Waals surface area contributed by atoms with E-state index in [4.69, 9.17) is 0 Å². The number of amides is 1. The smallest absolute Gasteiger partial charge is 0.246 e. The van der Waals surface area contributed by atoms with Gasteiger partial charge in [-0.3, -0.25) is 9.69 Å². The molecule has 0 saturated carbocycles. The minimum atomic E-state index is -3.81. The zero-order valence-corrected chi connectivity index (χ0v) is 20.1. The highest BCUT2D eigenvalue weighted by molar-refractivity contribution is 7.89. The van der Waals surface area contributed by atoms with Gasteiger partial charge in [-0.05, 0) is 60.9 Å². The zero-order valence-electron chi connectivity index (χ0n) is 19.2. The number of nitrogens with one attached hydrogen (secondary N) is 1. The highest BCUT2D eigenvalue weighted by atomic mass is 32.2. The van der Waals surface area contributed by atoms with E-state index < -0.39 is 21.9 Å². The molecule has 6 nitrogen and oxygen atoms in total. The molecule has 0 radical (unpaired) electrons.